The van der Waals surface area contributed by atoms with E-state index < -0.39 is 5.54 Å². The van der Waals surface area contributed by atoms with Gasteiger partial charge in [-0.15, -0.1) is 6.58 Å². The molecule has 3 nitrogen and oxygen atoms in total. The van der Waals surface area contributed by atoms with Gasteiger partial charge in [0.05, 0.1) is 7.11 Å². The summed E-state index contributed by atoms with van der Waals surface area (Å²) in [5.74, 6) is -0.290. The highest BCUT2D eigenvalue weighted by atomic mass is 16.5. The average Bonchev–Trinajstić information content (AvgIpc) is 2.41. The Hall–Kier alpha value is -1.77. The van der Waals surface area contributed by atoms with Gasteiger partial charge in [-0.05, 0) is 18.6 Å². The van der Waals surface area contributed by atoms with Crippen molar-refractivity contribution < 1.29 is 9.53 Å². The van der Waals surface area contributed by atoms with Crippen LogP contribution in [0.5, 0.6) is 0 Å². The molecule has 1 aromatic carbocycles. The van der Waals surface area contributed by atoms with Gasteiger partial charge in [-0.25, -0.2) is 4.79 Å². The zero-order chi connectivity index (χ0) is 12.9. The lowest BCUT2D eigenvalue weighted by Gasteiger charge is -2.37. The molecule has 0 aromatic heterocycles. The fourth-order valence-electron chi connectivity index (χ4n) is 1.94. The van der Waals surface area contributed by atoms with E-state index in [4.69, 9.17) is 4.74 Å². The summed E-state index contributed by atoms with van der Waals surface area (Å²) < 4.78 is 4.89. The Balaban J connectivity index is 3.16. The number of para-hydroxylation sites is 1. The smallest absolute Gasteiger partial charge is 0.335 e. The third kappa shape index (κ3) is 2.33. The highest BCUT2D eigenvalue weighted by molar-refractivity contribution is 5.87. The number of anilines is 1. The van der Waals surface area contributed by atoms with Crippen molar-refractivity contribution in [3.05, 3.63) is 43.0 Å². The van der Waals surface area contributed by atoms with E-state index in [1.165, 1.54) is 7.11 Å². The van der Waals surface area contributed by atoms with Gasteiger partial charge in [0.15, 0.2) is 5.54 Å². The molecule has 92 valence electrons. The first-order valence-electron chi connectivity index (χ1n) is 5.63. The lowest BCUT2D eigenvalue weighted by Crippen LogP contribution is -2.51. The number of carbonyl (C=O) groups excluding carboxylic acids is 1. The molecule has 1 unspecified atom stereocenters. The zero-order valence-corrected chi connectivity index (χ0v) is 10.6. The number of hydrogen-bond acceptors (Lipinski definition) is 3. The van der Waals surface area contributed by atoms with E-state index in [1.54, 1.807) is 6.08 Å². The molecule has 0 fully saturated rings. The molecule has 0 radical (unpaired) electrons. The minimum absolute atomic E-state index is 0.290. The lowest BCUT2D eigenvalue weighted by molar-refractivity contribution is -0.145. The van der Waals surface area contributed by atoms with Crippen molar-refractivity contribution in [2.45, 2.75) is 18.9 Å². The van der Waals surface area contributed by atoms with Crippen LogP contribution in [0.25, 0.3) is 0 Å². The molecule has 0 aliphatic carbocycles. The summed E-state index contributed by atoms with van der Waals surface area (Å²) in [6.45, 7) is 5.72. The molecule has 0 heterocycles. The summed E-state index contributed by atoms with van der Waals surface area (Å²) in [6, 6.07) is 9.73. The van der Waals surface area contributed by atoms with Crippen LogP contribution in [0.1, 0.15) is 13.3 Å². The molecule has 0 saturated heterocycles. The van der Waals surface area contributed by atoms with Crippen LogP contribution in [0, 0.1) is 0 Å². The molecule has 1 atom stereocenters. The summed E-state index contributed by atoms with van der Waals surface area (Å²) in [7, 11) is 3.27. The van der Waals surface area contributed by atoms with Crippen molar-refractivity contribution in [3.8, 4) is 0 Å². The maximum atomic E-state index is 12.0. The van der Waals surface area contributed by atoms with E-state index >= 15 is 0 Å². The van der Waals surface area contributed by atoms with Gasteiger partial charge in [0, 0.05) is 12.7 Å². The van der Waals surface area contributed by atoms with Gasteiger partial charge in [0.1, 0.15) is 0 Å². The SMILES string of the molecule is C=CC(CC)(C(=O)OC)N(C)c1ccccc1. The molecule has 0 saturated carbocycles. The second kappa shape index (κ2) is 5.53. The van der Waals surface area contributed by atoms with Gasteiger partial charge in [-0.3, -0.25) is 0 Å². The van der Waals surface area contributed by atoms with Gasteiger partial charge in [-0.2, -0.15) is 0 Å². The molecule has 17 heavy (non-hydrogen) atoms. The first kappa shape index (κ1) is 13.3. The summed E-state index contributed by atoms with van der Waals surface area (Å²) in [4.78, 5) is 13.9. The molecule has 1 aromatic rings. The van der Waals surface area contributed by atoms with Crippen LogP contribution in [0.15, 0.2) is 43.0 Å². The highest BCUT2D eigenvalue weighted by Crippen LogP contribution is 2.27. The maximum absolute atomic E-state index is 12.0. The van der Waals surface area contributed by atoms with Crippen LogP contribution >= 0.6 is 0 Å². The standard InChI is InChI=1S/C14H19NO2/c1-5-14(6-2,13(16)17-4)15(3)12-10-8-7-9-11-12/h5,7-11H,1,6H2,2-4H3. The van der Waals surface area contributed by atoms with Crippen molar-refractivity contribution in [2.75, 3.05) is 19.1 Å². The monoisotopic (exact) mass is 233 g/mol. The molecule has 3 heteroatoms. The van der Waals surface area contributed by atoms with E-state index in [-0.39, 0.29) is 5.97 Å². The number of carbonyl (C=O) groups is 1. The number of nitrogens with zero attached hydrogens (tertiary/aromatic N) is 1. The summed E-state index contributed by atoms with van der Waals surface area (Å²) in [5.41, 5.74) is 0.149. The number of likely N-dealkylation sites (N-methyl/N-ethyl adjacent to an activating group) is 1. The minimum atomic E-state index is -0.809. The predicted octanol–water partition coefficient (Wildman–Crippen LogP) is 2.63. The quantitative estimate of drug-likeness (QED) is 0.578. The fourth-order valence-corrected chi connectivity index (χ4v) is 1.94. The second-order valence-corrected chi connectivity index (χ2v) is 3.87. The van der Waals surface area contributed by atoms with E-state index in [0.29, 0.717) is 6.42 Å². The Labute approximate surface area is 103 Å². The van der Waals surface area contributed by atoms with Crippen LogP contribution in [-0.2, 0) is 9.53 Å². The van der Waals surface area contributed by atoms with E-state index in [9.17, 15) is 4.79 Å². The molecule has 0 amide bonds. The Kier molecular flexibility index (Phi) is 4.32. The number of benzene rings is 1. The third-order valence-electron chi connectivity index (χ3n) is 3.16. The third-order valence-corrected chi connectivity index (χ3v) is 3.16. The highest BCUT2D eigenvalue weighted by Gasteiger charge is 2.39. The number of esters is 1. The largest absolute Gasteiger partial charge is 0.467 e. The average molecular weight is 233 g/mol. The predicted molar refractivity (Wildman–Crippen MR) is 70.1 cm³/mol. The summed E-state index contributed by atoms with van der Waals surface area (Å²) in [6.07, 6.45) is 2.25. The molecule has 0 N–H and O–H groups in total. The summed E-state index contributed by atoms with van der Waals surface area (Å²) >= 11 is 0. The maximum Gasteiger partial charge on any atom is 0.335 e. The van der Waals surface area contributed by atoms with Crippen molar-refractivity contribution in [1.82, 2.24) is 0 Å². The zero-order valence-electron chi connectivity index (χ0n) is 10.6. The Morgan fingerprint density at radius 3 is 2.47 bits per heavy atom. The number of ether oxygens (including phenoxy) is 1. The lowest BCUT2D eigenvalue weighted by atomic mass is 9.93. The number of methoxy groups -OCH3 is 1. The Morgan fingerprint density at radius 1 is 1.47 bits per heavy atom. The second-order valence-electron chi connectivity index (χ2n) is 3.87. The van der Waals surface area contributed by atoms with Gasteiger partial charge in [0.25, 0.3) is 0 Å². The molecule has 0 spiro atoms. The molecular weight excluding hydrogens is 214 g/mol. The van der Waals surface area contributed by atoms with Gasteiger partial charge in [-0.1, -0.05) is 31.2 Å². The topological polar surface area (TPSA) is 29.5 Å². The molecular formula is C14H19NO2. The van der Waals surface area contributed by atoms with Crippen LogP contribution in [-0.4, -0.2) is 25.7 Å². The first-order valence-corrected chi connectivity index (χ1v) is 5.63. The van der Waals surface area contributed by atoms with E-state index in [1.807, 2.05) is 49.2 Å². The molecule has 0 bridgehead atoms. The fraction of sp³-hybridized carbons (Fsp3) is 0.357. The van der Waals surface area contributed by atoms with Crippen molar-refractivity contribution in [2.24, 2.45) is 0 Å². The first-order chi connectivity index (χ1) is 8.12. The Morgan fingerprint density at radius 2 is 2.06 bits per heavy atom. The van der Waals surface area contributed by atoms with Gasteiger partial charge in [0.2, 0.25) is 0 Å². The van der Waals surface area contributed by atoms with Crippen LogP contribution in [0.3, 0.4) is 0 Å². The molecule has 1 rings (SSSR count). The van der Waals surface area contributed by atoms with Crippen molar-refractivity contribution >= 4 is 11.7 Å². The molecule has 0 aliphatic heterocycles. The normalized spacial score (nSPS) is 13.6. The minimum Gasteiger partial charge on any atom is -0.467 e. The number of rotatable bonds is 5. The molecule has 0 aliphatic rings. The van der Waals surface area contributed by atoms with Crippen LogP contribution in [0.2, 0.25) is 0 Å². The summed E-state index contributed by atoms with van der Waals surface area (Å²) in [5, 5.41) is 0. The van der Waals surface area contributed by atoms with Crippen molar-refractivity contribution in [1.29, 1.82) is 0 Å². The van der Waals surface area contributed by atoms with Gasteiger partial charge < -0.3 is 9.64 Å². The number of hydrogen-bond donors (Lipinski definition) is 0. The van der Waals surface area contributed by atoms with Crippen molar-refractivity contribution in [3.63, 3.8) is 0 Å². The Bertz CT molecular complexity index is 388. The van der Waals surface area contributed by atoms with E-state index in [0.717, 1.165) is 5.69 Å². The van der Waals surface area contributed by atoms with Crippen LogP contribution in [0.4, 0.5) is 5.69 Å². The van der Waals surface area contributed by atoms with Crippen LogP contribution < -0.4 is 4.90 Å². The van der Waals surface area contributed by atoms with Gasteiger partial charge >= 0.3 is 5.97 Å². The van der Waals surface area contributed by atoms with E-state index in [2.05, 4.69) is 6.58 Å².